The second-order valence-electron chi connectivity index (χ2n) is 7.23. The van der Waals surface area contributed by atoms with Crippen LogP contribution >= 0.6 is 0 Å². The molecule has 1 N–H and O–H groups in total. The fourth-order valence-corrected chi connectivity index (χ4v) is 3.78. The van der Waals surface area contributed by atoms with Gasteiger partial charge in [0.25, 0.3) is 0 Å². The molecular formula is C19H26FN3O3. The normalized spacial score (nSPS) is 21.7. The van der Waals surface area contributed by atoms with Crippen molar-refractivity contribution in [3.8, 4) is 0 Å². The molecule has 0 bridgehead atoms. The second-order valence-corrected chi connectivity index (χ2v) is 7.23. The minimum absolute atomic E-state index is 0.0481. The van der Waals surface area contributed by atoms with Gasteiger partial charge in [0, 0.05) is 32.7 Å². The lowest BCUT2D eigenvalue weighted by atomic mass is 9.87. The molecule has 0 aliphatic carbocycles. The number of likely N-dealkylation sites (N-methyl/N-ethyl adjacent to an activating group) is 1. The maximum absolute atomic E-state index is 13.1. The summed E-state index contributed by atoms with van der Waals surface area (Å²) in [5, 5.41) is 2.55. The number of carbonyl (C=O) groups is 2. The van der Waals surface area contributed by atoms with Crippen LogP contribution in [0.1, 0.15) is 26.2 Å². The number of rotatable bonds is 4. The summed E-state index contributed by atoms with van der Waals surface area (Å²) in [5.74, 6) is -0.483. The lowest BCUT2D eigenvalue weighted by molar-refractivity contribution is -0.136. The molecule has 2 saturated heterocycles. The number of hydrogen-bond donors (Lipinski definition) is 1. The number of hydrogen-bond acceptors (Lipinski definition) is 4. The van der Waals surface area contributed by atoms with E-state index in [0.717, 1.165) is 24.9 Å². The zero-order valence-electron chi connectivity index (χ0n) is 15.3. The minimum atomic E-state index is -0.238. The van der Waals surface area contributed by atoms with Gasteiger partial charge in [0.05, 0.1) is 24.8 Å². The van der Waals surface area contributed by atoms with E-state index in [-0.39, 0.29) is 35.8 Å². The van der Waals surface area contributed by atoms with Crippen molar-refractivity contribution in [1.82, 2.24) is 10.2 Å². The maximum Gasteiger partial charge on any atom is 0.241 e. The molecule has 2 aliphatic heterocycles. The zero-order chi connectivity index (χ0) is 18.7. The van der Waals surface area contributed by atoms with Gasteiger partial charge in [-0.1, -0.05) is 0 Å². The number of nitrogens with zero attached hydrogens (tertiary/aromatic N) is 2. The molecule has 0 aromatic heterocycles. The van der Waals surface area contributed by atoms with Gasteiger partial charge >= 0.3 is 0 Å². The van der Waals surface area contributed by atoms with Crippen LogP contribution < -0.4 is 10.2 Å². The third-order valence-corrected chi connectivity index (χ3v) is 5.49. The van der Waals surface area contributed by atoms with Gasteiger partial charge in [-0.15, -0.1) is 0 Å². The van der Waals surface area contributed by atoms with E-state index in [1.807, 2.05) is 7.05 Å². The Hall–Kier alpha value is -2.15. The highest BCUT2D eigenvalue weighted by molar-refractivity contribution is 5.83. The predicted molar refractivity (Wildman–Crippen MR) is 96.4 cm³/mol. The molecule has 2 aliphatic rings. The summed E-state index contributed by atoms with van der Waals surface area (Å²) in [6.45, 7) is 3.38. The van der Waals surface area contributed by atoms with Crippen LogP contribution in [0, 0.1) is 5.82 Å². The minimum Gasteiger partial charge on any atom is -0.373 e. The smallest absolute Gasteiger partial charge is 0.241 e. The summed E-state index contributed by atoms with van der Waals surface area (Å²) >= 11 is 0. The standard InChI is InChI=1S/C19H26FN3O3/c1-14(24)21-12-18(25)23-9-7-19(8-10-23)11-17(13-26-19)22(2)16-5-3-15(20)4-6-16/h3-6,17H,7-13H2,1-2H3,(H,21,24). The molecule has 2 fully saturated rings. The van der Waals surface area contributed by atoms with Crippen LogP contribution in [0.5, 0.6) is 0 Å². The van der Waals surface area contributed by atoms with Gasteiger partial charge in [-0.2, -0.15) is 0 Å². The Morgan fingerprint density at radius 3 is 2.58 bits per heavy atom. The van der Waals surface area contributed by atoms with Crippen molar-refractivity contribution in [3.63, 3.8) is 0 Å². The first kappa shape index (κ1) is 18.6. The van der Waals surface area contributed by atoms with E-state index in [4.69, 9.17) is 4.74 Å². The van der Waals surface area contributed by atoms with E-state index in [9.17, 15) is 14.0 Å². The first-order valence-electron chi connectivity index (χ1n) is 9.03. The Morgan fingerprint density at radius 2 is 1.96 bits per heavy atom. The topological polar surface area (TPSA) is 61.9 Å². The molecule has 26 heavy (non-hydrogen) atoms. The molecule has 1 spiro atoms. The quantitative estimate of drug-likeness (QED) is 0.882. The summed E-state index contributed by atoms with van der Waals surface area (Å²) in [6.07, 6.45) is 2.49. The molecule has 1 unspecified atom stereocenters. The van der Waals surface area contributed by atoms with Crippen molar-refractivity contribution in [2.24, 2.45) is 0 Å². The van der Waals surface area contributed by atoms with Gasteiger partial charge in [-0.25, -0.2) is 4.39 Å². The molecule has 1 aromatic carbocycles. The number of halogens is 1. The molecular weight excluding hydrogens is 337 g/mol. The van der Waals surface area contributed by atoms with E-state index in [1.165, 1.54) is 19.1 Å². The molecule has 0 radical (unpaired) electrons. The van der Waals surface area contributed by atoms with E-state index in [1.54, 1.807) is 17.0 Å². The van der Waals surface area contributed by atoms with Crippen LogP contribution in [0.3, 0.4) is 0 Å². The Kier molecular flexibility index (Phi) is 5.46. The van der Waals surface area contributed by atoms with Gasteiger partial charge in [0.2, 0.25) is 11.8 Å². The third kappa shape index (κ3) is 4.15. The van der Waals surface area contributed by atoms with Gasteiger partial charge in [0.15, 0.2) is 0 Å². The van der Waals surface area contributed by atoms with E-state index in [0.29, 0.717) is 19.7 Å². The van der Waals surface area contributed by atoms with Crippen molar-refractivity contribution < 1.29 is 18.7 Å². The maximum atomic E-state index is 13.1. The molecule has 1 atom stereocenters. The largest absolute Gasteiger partial charge is 0.373 e. The summed E-state index contributed by atoms with van der Waals surface area (Å²) < 4.78 is 19.3. The molecule has 3 rings (SSSR count). The highest BCUT2D eigenvalue weighted by Crippen LogP contribution is 2.38. The highest BCUT2D eigenvalue weighted by Gasteiger charge is 2.44. The lowest BCUT2D eigenvalue weighted by Crippen LogP contribution is -2.49. The Morgan fingerprint density at radius 1 is 1.31 bits per heavy atom. The number of likely N-dealkylation sites (tertiary alicyclic amines) is 1. The van der Waals surface area contributed by atoms with Gasteiger partial charge in [-0.3, -0.25) is 9.59 Å². The van der Waals surface area contributed by atoms with E-state index >= 15 is 0 Å². The summed E-state index contributed by atoms with van der Waals surface area (Å²) in [5.41, 5.74) is 0.781. The predicted octanol–water partition coefficient (Wildman–Crippen LogP) is 1.55. The van der Waals surface area contributed by atoms with Crippen LogP contribution in [-0.4, -0.2) is 61.6 Å². The van der Waals surface area contributed by atoms with Crippen molar-refractivity contribution in [3.05, 3.63) is 30.1 Å². The van der Waals surface area contributed by atoms with Crippen LogP contribution in [0.4, 0.5) is 10.1 Å². The van der Waals surface area contributed by atoms with Crippen molar-refractivity contribution in [1.29, 1.82) is 0 Å². The number of amides is 2. The Bertz CT molecular complexity index is 656. The average Bonchev–Trinajstić information content (AvgIpc) is 3.04. The van der Waals surface area contributed by atoms with Gasteiger partial charge in [0.1, 0.15) is 5.82 Å². The first-order chi connectivity index (χ1) is 12.4. The summed E-state index contributed by atoms with van der Waals surface area (Å²) in [4.78, 5) is 27.0. The number of anilines is 1. The molecule has 2 amide bonds. The molecule has 0 saturated carbocycles. The van der Waals surface area contributed by atoms with Gasteiger partial charge < -0.3 is 19.9 Å². The molecule has 2 heterocycles. The fourth-order valence-electron chi connectivity index (χ4n) is 3.78. The third-order valence-electron chi connectivity index (χ3n) is 5.49. The Labute approximate surface area is 153 Å². The molecule has 7 heteroatoms. The monoisotopic (exact) mass is 363 g/mol. The van der Waals surface area contributed by atoms with Crippen molar-refractivity contribution in [2.75, 3.05) is 38.2 Å². The van der Waals surface area contributed by atoms with E-state index < -0.39 is 0 Å². The van der Waals surface area contributed by atoms with Crippen LogP contribution in [0.2, 0.25) is 0 Å². The zero-order valence-corrected chi connectivity index (χ0v) is 15.3. The lowest BCUT2D eigenvalue weighted by Gasteiger charge is -2.39. The van der Waals surface area contributed by atoms with Crippen molar-refractivity contribution >= 4 is 17.5 Å². The SMILES string of the molecule is CC(=O)NCC(=O)N1CCC2(CC1)CC(N(C)c1ccc(F)cc1)CO2. The number of piperidine rings is 1. The highest BCUT2D eigenvalue weighted by atomic mass is 19.1. The first-order valence-corrected chi connectivity index (χ1v) is 9.03. The second kappa shape index (κ2) is 7.61. The molecule has 142 valence electrons. The van der Waals surface area contributed by atoms with Crippen LogP contribution in [0.15, 0.2) is 24.3 Å². The number of nitrogens with one attached hydrogen (secondary N) is 1. The number of benzene rings is 1. The van der Waals surface area contributed by atoms with Crippen LogP contribution in [-0.2, 0) is 14.3 Å². The summed E-state index contributed by atoms with van der Waals surface area (Å²) in [7, 11) is 2.01. The van der Waals surface area contributed by atoms with Crippen molar-refractivity contribution in [2.45, 2.75) is 37.8 Å². The average molecular weight is 363 g/mol. The molecule has 6 nitrogen and oxygen atoms in total. The molecule has 1 aromatic rings. The fraction of sp³-hybridized carbons (Fsp3) is 0.579. The van der Waals surface area contributed by atoms with Gasteiger partial charge in [-0.05, 0) is 43.5 Å². The van der Waals surface area contributed by atoms with Crippen LogP contribution in [0.25, 0.3) is 0 Å². The Balaban J connectivity index is 1.53. The summed E-state index contributed by atoms with van der Waals surface area (Å²) in [6, 6.07) is 6.74. The number of ether oxygens (including phenoxy) is 1. The van der Waals surface area contributed by atoms with E-state index in [2.05, 4.69) is 10.2 Å². The number of carbonyl (C=O) groups excluding carboxylic acids is 2.